The number of imidazole rings is 1. The largest absolute Gasteiger partial charge is 0.379 e. The Hall–Kier alpha value is -1.83. The Morgan fingerprint density at radius 2 is 1.49 bits per heavy atom. The number of halogens is 2. The molecule has 200 valence electrons. The summed E-state index contributed by atoms with van der Waals surface area (Å²) in [7, 11) is 0. The highest BCUT2D eigenvalue weighted by molar-refractivity contribution is 6.42. The molecule has 0 bridgehead atoms. The second-order valence-electron chi connectivity index (χ2n) is 11.5. The van der Waals surface area contributed by atoms with Crippen molar-refractivity contribution in [2.75, 3.05) is 45.9 Å². The van der Waals surface area contributed by atoms with Gasteiger partial charge in [-0.25, -0.2) is 4.79 Å². The fourth-order valence-corrected chi connectivity index (χ4v) is 5.93. The number of aromatic nitrogens is 2. The van der Waals surface area contributed by atoms with E-state index in [1.54, 1.807) is 0 Å². The number of piperidine rings is 1. The van der Waals surface area contributed by atoms with Crippen LogP contribution < -0.4 is 5.69 Å². The van der Waals surface area contributed by atoms with Gasteiger partial charge in [0.25, 0.3) is 0 Å². The van der Waals surface area contributed by atoms with E-state index in [4.69, 9.17) is 27.9 Å². The Labute approximate surface area is 229 Å². The van der Waals surface area contributed by atoms with Crippen LogP contribution in [0.15, 0.2) is 41.2 Å². The topological polar surface area (TPSA) is 42.6 Å². The monoisotopic (exact) mass is 544 g/mol. The Morgan fingerprint density at radius 3 is 2.11 bits per heavy atom. The lowest BCUT2D eigenvalue weighted by Crippen LogP contribution is -2.40. The van der Waals surface area contributed by atoms with Gasteiger partial charge in [-0.2, -0.15) is 0 Å². The minimum absolute atomic E-state index is 0.0396. The van der Waals surface area contributed by atoms with Crippen molar-refractivity contribution in [3.63, 3.8) is 0 Å². The number of likely N-dealkylation sites (tertiary alicyclic amines) is 1. The Kier molecular flexibility index (Phi) is 8.04. The third kappa shape index (κ3) is 5.94. The van der Waals surface area contributed by atoms with Crippen LogP contribution in [0.25, 0.3) is 11.0 Å². The summed E-state index contributed by atoms with van der Waals surface area (Å²) in [6.45, 7) is 14.3. The van der Waals surface area contributed by atoms with E-state index < -0.39 is 0 Å². The van der Waals surface area contributed by atoms with Crippen LogP contribution in [-0.2, 0) is 23.2 Å². The van der Waals surface area contributed by atoms with Crippen molar-refractivity contribution in [1.82, 2.24) is 18.9 Å². The second kappa shape index (κ2) is 11.1. The highest BCUT2D eigenvalue weighted by atomic mass is 35.5. The molecule has 2 aromatic carbocycles. The van der Waals surface area contributed by atoms with E-state index in [1.165, 1.54) is 11.1 Å². The molecule has 0 N–H and O–H groups in total. The first kappa shape index (κ1) is 26.8. The van der Waals surface area contributed by atoms with Gasteiger partial charge in [0.15, 0.2) is 0 Å². The number of morpholine rings is 1. The molecule has 0 aliphatic carbocycles. The molecule has 2 saturated heterocycles. The van der Waals surface area contributed by atoms with Crippen LogP contribution in [0.1, 0.15) is 50.8 Å². The molecule has 0 spiro atoms. The van der Waals surface area contributed by atoms with Gasteiger partial charge in [0.1, 0.15) is 0 Å². The summed E-state index contributed by atoms with van der Waals surface area (Å²) in [5.74, 6) is 0. The summed E-state index contributed by atoms with van der Waals surface area (Å²) in [6.07, 6.45) is 1.87. The number of hydrogen-bond donors (Lipinski definition) is 0. The van der Waals surface area contributed by atoms with Crippen LogP contribution in [0.2, 0.25) is 10.0 Å². The third-order valence-corrected chi connectivity index (χ3v) is 8.62. The Balaban J connectivity index is 1.32. The maximum atomic E-state index is 13.8. The van der Waals surface area contributed by atoms with E-state index in [-0.39, 0.29) is 17.1 Å². The van der Waals surface area contributed by atoms with E-state index in [2.05, 4.69) is 54.8 Å². The zero-order valence-electron chi connectivity index (χ0n) is 22.2. The summed E-state index contributed by atoms with van der Waals surface area (Å²) < 4.78 is 9.34. The summed E-state index contributed by atoms with van der Waals surface area (Å²) in [5, 5.41) is 0.975. The smallest absolute Gasteiger partial charge is 0.329 e. The fraction of sp³-hybridized carbons (Fsp3) is 0.552. The van der Waals surface area contributed by atoms with Gasteiger partial charge in [-0.1, -0.05) is 68.2 Å². The average Bonchev–Trinajstić information content (AvgIpc) is 3.14. The normalized spacial score (nSPS) is 18.6. The van der Waals surface area contributed by atoms with Crippen molar-refractivity contribution in [2.45, 2.75) is 58.2 Å². The zero-order valence-corrected chi connectivity index (χ0v) is 23.7. The molecule has 3 aromatic rings. The first-order valence-corrected chi connectivity index (χ1v) is 14.2. The standard InChI is InChI=1S/C29H38Cl2N4O2/c1-29(2,3)22-6-4-21(5-7-22)20-33-10-8-23(9-11-33)35-27-19-25(31)24(30)18-26(27)34(28(35)36)13-12-32-14-16-37-17-15-32/h4-7,18-19,23H,8-17,20H2,1-3H3. The number of hydrogen-bond acceptors (Lipinski definition) is 4. The highest BCUT2D eigenvalue weighted by Crippen LogP contribution is 2.32. The van der Waals surface area contributed by atoms with Gasteiger partial charge in [0.05, 0.1) is 34.3 Å². The molecule has 6 nitrogen and oxygen atoms in total. The lowest BCUT2D eigenvalue weighted by Gasteiger charge is -2.32. The van der Waals surface area contributed by atoms with Gasteiger partial charge in [0, 0.05) is 51.9 Å². The van der Waals surface area contributed by atoms with Crippen LogP contribution in [0.4, 0.5) is 0 Å². The van der Waals surface area contributed by atoms with Gasteiger partial charge in [-0.05, 0) is 41.5 Å². The lowest BCUT2D eigenvalue weighted by molar-refractivity contribution is 0.0364. The zero-order chi connectivity index (χ0) is 26.2. The molecule has 3 heterocycles. The first-order chi connectivity index (χ1) is 17.7. The Bertz CT molecular complexity index is 1280. The van der Waals surface area contributed by atoms with Gasteiger partial charge in [0.2, 0.25) is 0 Å². The summed E-state index contributed by atoms with van der Waals surface area (Å²) in [4.78, 5) is 18.6. The molecule has 5 rings (SSSR count). The summed E-state index contributed by atoms with van der Waals surface area (Å²) >= 11 is 12.8. The first-order valence-electron chi connectivity index (χ1n) is 13.4. The van der Waals surface area contributed by atoms with E-state index in [1.807, 2.05) is 21.3 Å². The maximum absolute atomic E-state index is 13.8. The molecule has 2 aliphatic rings. The summed E-state index contributed by atoms with van der Waals surface area (Å²) in [5.41, 5.74) is 4.66. The lowest BCUT2D eigenvalue weighted by atomic mass is 9.86. The molecule has 37 heavy (non-hydrogen) atoms. The van der Waals surface area contributed by atoms with Gasteiger partial charge in [-0.3, -0.25) is 18.9 Å². The van der Waals surface area contributed by atoms with Crippen LogP contribution in [0.3, 0.4) is 0 Å². The number of ether oxygens (including phenoxy) is 1. The van der Waals surface area contributed by atoms with Crippen molar-refractivity contribution in [1.29, 1.82) is 0 Å². The van der Waals surface area contributed by atoms with Crippen molar-refractivity contribution >= 4 is 34.2 Å². The van der Waals surface area contributed by atoms with E-state index in [9.17, 15) is 4.79 Å². The van der Waals surface area contributed by atoms with Gasteiger partial charge < -0.3 is 4.74 Å². The molecular weight excluding hydrogens is 507 g/mol. The molecule has 2 aliphatic heterocycles. The van der Waals surface area contributed by atoms with Crippen LogP contribution in [0.5, 0.6) is 0 Å². The minimum Gasteiger partial charge on any atom is -0.379 e. The molecule has 8 heteroatoms. The fourth-order valence-electron chi connectivity index (χ4n) is 5.61. The number of benzene rings is 2. The SMILES string of the molecule is CC(C)(C)c1ccc(CN2CCC(n3c(=O)n(CCN4CCOCC4)c4cc(Cl)c(Cl)cc43)CC2)cc1. The third-order valence-electron chi connectivity index (χ3n) is 7.90. The van der Waals surface area contributed by atoms with Gasteiger partial charge >= 0.3 is 5.69 Å². The van der Waals surface area contributed by atoms with Crippen molar-refractivity contribution < 1.29 is 4.74 Å². The number of rotatable bonds is 6. The molecule has 2 fully saturated rings. The quantitative estimate of drug-likeness (QED) is 0.406. The second-order valence-corrected chi connectivity index (χ2v) is 12.3. The van der Waals surface area contributed by atoms with E-state index in [0.717, 1.165) is 76.4 Å². The van der Waals surface area contributed by atoms with Crippen LogP contribution >= 0.6 is 23.2 Å². The highest BCUT2D eigenvalue weighted by Gasteiger charge is 2.26. The van der Waals surface area contributed by atoms with Crippen molar-refractivity contribution in [3.8, 4) is 0 Å². The minimum atomic E-state index is 0.0396. The predicted molar refractivity (Wildman–Crippen MR) is 152 cm³/mol. The molecular formula is C29H38Cl2N4O2. The van der Waals surface area contributed by atoms with Crippen molar-refractivity contribution in [3.05, 3.63) is 68.1 Å². The summed E-state index contributed by atoms with van der Waals surface area (Å²) in [6, 6.07) is 12.9. The van der Waals surface area contributed by atoms with Crippen molar-refractivity contribution in [2.24, 2.45) is 0 Å². The van der Waals surface area contributed by atoms with Crippen LogP contribution in [0, 0.1) is 0 Å². The average molecular weight is 546 g/mol. The molecule has 0 amide bonds. The number of nitrogens with zero attached hydrogens (tertiary/aromatic N) is 4. The maximum Gasteiger partial charge on any atom is 0.329 e. The molecule has 0 radical (unpaired) electrons. The Morgan fingerprint density at radius 1 is 0.865 bits per heavy atom. The molecule has 0 saturated carbocycles. The molecule has 1 aromatic heterocycles. The molecule has 0 unspecified atom stereocenters. The van der Waals surface area contributed by atoms with E-state index in [0.29, 0.717) is 16.6 Å². The molecule has 0 atom stereocenters. The number of fused-ring (bicyclic) bond motifs is 1. The van der Waals surface area contributed by atoms with Crippen LogP contribution in [-0.4, -0.2) is 64.9 Å². The van der Waals surface area contributed by atoms with Gasteiger partial charge in [-0.15, -0.1) is 0 Å². The predicted octanol–water partition coefficient (Wildman–Crippen LogP) is 5.58. The van der Waals surface area contributed by atoms with E-state index >= 15 is 0 Å².